The first-order chi connectivity index (χ1) is 17.4. The van der Waals surface area contributed by atoms with Crippen LogP contribution in [-0.2, 0) is 32.2 Å². The van der Waals surface area contributed by atoms with E-state index in [2.05, 4.69) is 5.32 Å². The van der Waals surface area contributed by atoms with Crippen LogP contribution in [0.3, 0.4) is 0 Å². The first-order valence-electron chi connectivity index (χ1n) is 12.3. The average molecular weight is 520 g/mol. The van der Waals surface area contributed by atoms with Crippen LogP contribution in [0.1, 0.15) is 36.8 Å². The standard InChI is InChI=1S/C27H34ClNO7/c1-33-21-8-3-6-19(12-21)17-36-27(26(32)29-15-22-9-4-10-34-22)13-23(30)25(31)24(14-27)35-16-18-5-2-7-20(28)11-18/h2-3,5-8,11-12,22-25,30-31H,4,9-10,13-17H2,1H3,(H,29,32)/t22?,23-,24?,25-,27+/m1/s1. The number of nitrogens with one attached hydrogen (secondary N) is 1. The van der Waals surface area contributed by atoms with E-state index in [-0.39, 0.29) is 38.1 Å². The van der Waals surface area contributed by atoms with E-state index in [1.807, 2.05) is 36.4 Å². The van der Waals surface area contributed by atoms with Gasteiger partial charge >= 0.3 is 0 Å². The summed E-state index contributed by atoms with van der Waals surface area (Å²) in [7, 11) is 1.58. The average Bonchev–Trinajstić information content (AvgIpc) is 3.41. The van der Waals surface area contributed by atoms with E-state index in [9.17, 15) is 15.0 Å². The van der Waals surface area contributed by atoms with Gasteiger partial charge < -0.3 is 34.5 Å². The Balaban J connectivity index is 1.51. The molecule has 36 heavy (non-hydrogen) atoms. The molecule has 1 aliphatic carbocycles. The molecule has 2 fully saturated rings. The first kappa shape index (κ1) is 26.9. The predicted molar refractivity (Wildman–Crippen MR) is 134 cm³/mol. The molecule has 3 N–H and O–H groups in total. The molecule has 9 heteroatoms. The molecule has 8 nitrogen and oxygen atoms in total. The third-order valence-electron chi connectivity index (χ3n) is 6.78. The molecule has 4 rings (SSSR count). The van der Waals surface area contributed by atoms with Crippen LogP contribution in [0.2, 0.25) is 5.02 Å². The van der Waals surface area contributed by atoms with Gasteiger partial charge in [0, 0.05) is 31.0 Å². The Morgan fingerprint density at radius 1 is 1.14 bits per heavy atom. The Morgan fingerprint density at radius 2 is 1.92 bits per heavy atom. The van der Waals surface area contributed by atoms with E-state index in [0.29, 0.717) is 23.9 Å². The van der Waals surface area contributed by atoms with E-state index >= 15 is 0 Å². The van der Waals surface area contributed by atoms with Crippen molar-refractivity contribution in [2.24, 2.45) is 0 Å². The van der Waals surface area contributed by atoms with Crippen LogP contribution in [0.15, 0.2) is 48.5 Å². The Morgan fingerprint density at radius 3 is 2.64 bits per heavy atom. The van der Waals surface area contributed by atoms with Gasteiger partial charge in [-0.15, -0.1) is 0 Å². The largest absolute Gasteiger partial charge is 0.497 e. The fourth-order valence-electron chi connectivity index (χ4n) is 4.75. The number of rotatable bonds is 10. The van der Waals surface area contributed by atoms with Gasteiger partial charge in [-0.2, -0.15) is 0 Å². The summed E-state index contributed by atoms with van der Waals surface area (Å²) < 4.78 is 23.2. The Bertz CT molecular complexity index is 1020. The van der Waals surface area contributed by atoms with Crippen LogP contribution < -0.4 is 10.1 Å². The predicted octanol–water partition coefficient (Wildman–Crippen LogP) is 3.00. The maximum absolute atomic E-state index is 13.6. The second kappa shape index (κ2) is 12.4. The van der Waals surface area contributed by atoms with Gasteiger partial charge in [0.2, 0.25) is 0 Å². The van der Waals surface area contributed by atoms with Gasteiger partial charge in [-0.25, -0.2) is 0 Å². The number of hydrogen-bond donors (Lipinski definition) is 3. The Kier molecular flexibility index (Phi) is 9.22. The molecule has 1 saturated carbocycles. The topological polar surface area (TPSA) is 106 Å². The van der Waals surface area contributed by atoms with E-state index in [1.165, 1.54) is 0 Å². The van der Waals surface area contributed by atoms with Gasteiger partial charge in [-0.1, -0.05) is 35.9 Å². The molecule has 5 atom stereocenters. The molecule has 1 aliphatic heterocycles. The highest BCUT2D eigenvalue weighted by Gasteiger charge is 2.51. The van der Waals surface area contributed by atoms with E-state index in [4.69, 9.17) is 30.5 Å². The lowest BCUT2D eigenvalue weighted by atomic mass is 9.78. The summed E-state index contributed by atoms with van der Waals surface area (Å²) in [5, 5.41) is 25.0. The van der Waals surface area contributed by atoms with Crippen LogP contribution >= 0.6 is 11.6 Å². The maximum atomic E-state index is 13.6. The molecular formula is C27H34ClNO7. The normalized spacial score (nSPS) is 28.1. The number of methoxy groups -OCH3 is 1. The molecule has 0 bridgehead atoms. The second-order valence-corrected chi connectivity index (χ2v) is 9.86. The monoisotopic (exact) mass is 519 g/mol. The summed E-state index contributed by atoms with van der Waals surface area (Å²) in [6.45, 7) is 1.32. The molecule has 2 aliphatic rings. The molecule has 0 spiro atoms. The minimum Gasteiger partial charge on any atom is -0.497 e. The lowest BCUT2D eigenvalue weighted by Gasteiger charge is -2.44. The highest BCUT2D eigenvalue weighted by molar-refractivity contribution is 6.30. The van der Waals surface area contributed by atoms with E-state index < -0.39 is 23.9 Å². The first-order valence-corrected chi connectivity index (χ1v) is 12.7. The summed E-state index contributed by atoms with van der Waals surface area (Å²) in [6, 6.07) is 14.6. The third-order valence-corrected chi connectivity index (χ3v) is 7.01. The zero-order chi connectivity index (χ0) is 25.5. The Labute approximate surface area is 216 Å². The van der Waals surface area contributed by atoms with Crippen LogP contribution in [0.5, 0.6) is 5.75 Å². The number of carbonyl (C=O) groups excluding carboxylic acids is 1. The van der Waals surface area contributed by atoms with Gasteiger partial charge in [-0.3, -0.25) is 4.79 Å². The highest BCUT2D eigenvalue weighted by Crippen LogP contribution is 2.36. The third kappa shape index (κ3) is 6.76. The van der Waals surface area contributed by atoms with Gasteiger partial charge in [-0.05, 0) is 48.2 Å². The van der Waals surface area contributed by atoms with Gasteiger partial charge in [0.1, 0.15) is 11.9 Å². The van der Waals surface area contributed by atoms with Gasteiger partial charge in [0.15, 0.2) is 5.60 Å². The number of aliphatic hydroxyl groups is 2. The molecule has 2 aromatic carbocycles. The molecule has 2 unspecified atom stereocenters. The summed E-state index contributed by atoms with van der Waals surface area (Å²) in [5.41, 5.74) is 0.234. The molecule has 1 amide bonds. The van der Waals surface area contributed by atoms with Crippen molar-refractivity contribution in [3.05, 3.63) is 64.7 Å². The maximum Gasteiger partial charge on any atom is 0.252 e. The van der Waals surface area contributed by atoms with E-state index in [1.54, 1.807) is 19.2 Å². The quantitative estimate of drug-likeness (QED) is 0.443. The zero-order valence-electron chi connectivity index (χ0n) is 20.4. The van der Waals surface area contributed by atoms with Crippen molar-refractivity contribution >= 4 is 17.5 Å². The van der Waals surface area contributed by atoms with Crippen LogP contribution in [0.25, 0.3) is 0 Å². The van der Waals surface area contributed by atoms with Gasteiger partial charge in [0.25, 0.3) is 5.91 Å². The number of benzene rings is 2. The Hall–Kier alpha value is -2.20. The van der Waals surface area contributed by atoms with Crippen molar-refractivity contribution in [3.63, 3.8) is 0 Å². The minimum absolute atomic E-state index is 0.0432. The zero-order valence-corrected chi connectivity index (χ0v) is 21.2. The lowest BCUT2D eigenvalue weighted by Crippen LogP contribution is -2.61. The number of aliphatic hydroxyl groups excluding tert-OH is 2. The number of ether oxygens (including phenoxy) is 4. The summed E-state index contributed by atoms with van der Waals surface area (Å²) in [5.74, 6) is 0.318. The summed E-state index contributed by atoms with van der Waals surface area (Å²) in [6.07, 6.45) is -1.39. The number of amides is 1. The smallest absolute Gasteiger partial charge is 0.252 e. The number of halogens is 1. The van der Waals surface area contributed by atoms with Crippen molar-refractivity contribution < 1.29 is 34.0 Å². The summed E-state index contributed by atoms with van der Waals surface area (Å²) in [4.78, 5) is 13.6. The molecule has 2 aromatic rings. The number of hydrogen-bond acceptors (Lipinski definition) is 7. The SMILES string of the molecule is COc1cccc(CO[C@]2(C(=O)NCC3CCCO3)CC(OCc3cccc(Cl)c3)[C@H](O)[C@H](O)C2)c1. The molecule has 0 aromatic heterocycles. The van der Waals surface area contributed by atoms with Crippen LogP contribution in [-0.4, -0.2) is 66.4 Å². The minimum atomic E-state index is -1.40. The molecule has 0 radical (unpaired) electrons. The lowest BCUT2D eigenvalue weighted by molar-refractivity contribution is -0.200. The molecule has 1 heterocycles. The van der Waals surface area contributed by atoms with Crippen molar-refractivity contribution in [1.29, 1.82) is 0 Å². The van der Waals surface area contributed by atoms with Crippen molar-refractivity contribution in [3.8, 4) is 5.75 Å². The summed E-state index contributed by atoms with van der Waals surface area (Å²) >= 11 is 6.08. The van der Waals surface area contributed by atoms with Crippen molar-refractivity contribution in [1.82, 2.24) is 5.32 Å². The van der Waals surface area contributed by atoms with Crippen LogP contribution in [0, 0.1) is 0 Å². The van der Waals surface area contributed by atoms with E-state index in [0.717, 1.165) is 24.0 Å². The number of carbonyl (C=O) groups is 1. The van der Waals surface area contributed by atoms with Crippen molar-refractivity contribution in [2.75, 3.05) is 20.3 Å². The second-order valence-electron chi connectivity index (χ2n) is 9.43. The van der Waals surface area contributed by atoms with Gasteiger partial charge in [0.05, 0.1) is 38.6 Å². The fraction of sp³-hybridized carbons (Fsp3) is 0.519. The molecular weight excluding hydrogens is 486 g/mol. The molecule has 1 saturated heterocycles. The van der Waals surface area contributed by atoms with Crippen LogP contribution in [0.4, 0.5) is 0 Å². The van der Waals surface area contributed by atoms with Crippen molar-refractivity contribution in [2.45, 2.75) is 68.9 Å². The molecule has 196 valence electrons. The fourth-order valence-corrected chi connectivity index (χ4v) is 4.96. The highest BCUT2D eigenvalue weighted by atomic mass is 35.5.